The van der Waals surface area contributed by atoms with Crippen molar-refractivity contribution >= 4 is 11.9 Å². The first-order valence-corrected chi connectivity index (χ1v) is 8.31. The summed E-state index contributed by atoms with van der Waals surface area (Å²) in [5, 5.41) is 3.61. The number of esters is 1. The molecule has 0 radical (unpaired) electrons. The zero-order chi connectivity index (χ0) is 18.3. The van der Waals surface area contributed by atoms with Gasteiger partial charge in [0.2, 0.25) is 5.91 Å². The second-order valence-electron chi connectivity index (χ2n) is 5.76. The lowest BCUT2D eigenvalue weighted by Crippen LogP contribution is -2.57. The highest BCUT2D eigenvalue weighted by Crippen LogP contribution is 2.27. The third kappa shape index (κ3) is 4.85. The SMILES string of the molecule is CCOC(=O)C1=C[C@@H](OC(CC)CC)[C@H](N(N=O)C(C)=O)[C@@H](N)C1. The Hall–Kier alpha value is -1.80. The number of nitroso groups, excluding NO2 is 1. The van der Waals surface area contributed by atoms with Crippen LogP contribution < -0.4 is 5.73 Å². The monoisotopic (exact) mass is 341 g/mol. The molecule has 1 aliphatic rings. The zero-order valence-corrected chi connectivity index (χ0v) is 14.7. The summed E-state index contributed by atoms with van der Waals surface area (Å²) in [6, 6.07) is -1.41. The zero-order valence-electron chi connectivity index (χ0n) is 14.7. The Morgan fingerprint density at radius 1 is 1.38 bits per heavy atom. The fourth-order valence-corrected chi connectivity index (χ4v) is 2.82. The third-order valence-electron chi connectivity index (χ3n) is 4.09. The molecule has 1 amide bonds. The van der Waals surface area contributed by atoms with Gasteiger partial charge in [-0.3, -0.25) is 4.79 Å². The van der Waals surface area contributed by atoms with Gasteiger partial charge in [-0.1, -0.05) is 13.8 Å². The smallest absolute Gasteiger partial charge is 0.333 e. The summed E-state index contributed by atoms with van der Waals surface area (Å²) in [6.45, 7) is 7.16. The molecule has 3 atom stereocenters. The molecule has 8 nitrogen and oxygen atoms in total. The third-order valence-corrected chi connectivity index (χ3v) is 4.09. The minimum Gasteiger partial charge on any atom is -0.463 e. The summed E-state index contributed by atoms with van der Waals surface area (Å²) < 4.78 is 11.0. The Bertz CT molecular complexity index is 490. The molecule has 0 spiro atoms. The van der Waals surface area contributed by atoms with Crippen LogP contribution in [0.5, 0.6) is 0 Å². The molecule has 0 fully saturated rings. The summed E-state index contributed by atoms with van der Waals surface area (Å²) in [6.07, 6.45) is 2.53. The van der Waals surface area contributed by atoms with Crippen LogP contribution in [0.25, 0.3) is 0 Å². The summed E-state index contributed by atoms with van der Waals surface area (Å²) in [4.78, 5) is 34.9. The summed E-state index contributed by atoms with van der Waals surface area (Å²) >= 11 is 0. The predicted molar refractivity (Wildman–Crippen MR) is 88.7 cm³/mol. The predicted octanol–water partition coefficient (Wildman–Crippen LogP) is 1.68. The highest BCUT2D eigenvalue weighted by atomic mass is 16.5. The van der Waals surface area contributed by atoms with E-state index in [1.165, 1.54) is 6.92 Å². The maximum atomic E-state index is 12.0. The molecule has 0 saturated carbocycles. The number of hydrogen-bond donors (Lipinski definition) is 1. The number of rotatable bonds is 8. The Morgan fingerprint density at radius 3 is 2.46 bits per heavy atom. The molecule has 24 heavy (non-hydrogen) atoms. The molecular weight excluding hydrogens is 314 g/mol. The number of ether oxygens (including phenoxy) is 2. The standard InChI is InChI=1S/C16H27N3O5/c1-5-12(6-2)24-14-9-11(16(21)23-7-3)8-13(17)15(14)19(18-22)10(4)20/h9,12-15H,5-8,17H2,1-4H3/t13-,14+,15+/m0/s1. The van der Waals surface area contributed by atoms with Gasteiger partial charge in [-0.25, -0.2) is 4.79 Å². The molecule has 1 rings (SSSR count). The van der Waals surface area contributed by atoms with Gasteiger partial charge >= 0.3 is 5.97 Å². The summed E-state index contributed by atoms with van der Waals surface area (Å²) in [7, 11) is 0. The van der Waals surface area contributed by atoms with Crippen molar-refractivity contribution in [2.45, 2.75) is 71.2 Å². The maximum absolute atomic E-state index is 12.0. The molecule has 2 N–H and O–H groups in total. The molecule has 0 aromatic carbocycles. The average Bonchev–Trinajstić information content (AvgIpc) is 2.54. The lowest BCUT2D eigenvalue weighted by atomic mass is 9.87. The number of carbonyl (C=O) groups excluding carboxylic acids is 2. The van der Waals surface area contributed by atoms with E-state index in [-0.39, 0.29) is 19.1 Å². The van der Waals surface area contributed by atoms with E-state index in [4.69, 9.17) is 15.2 Å². The quantitative estimate of drug-likeness (QED) is 0.408. The minimum absolute atomic E-state index is 0.0806. The van der Waals surface area contributed by atoms with Gasteiger partial charge < -0.3 is 15.2 Å². The molecule has 136 valence electrons. The normalized spacial score (nSPS) is 23.6. The second-order valence-corrected chi connectivity index (χ2v) is 5.76. The molecule has 0 aromatic heterocycles. The largest absolute Gasteiger partial charge is 0.463 e. The highest BCUT2D eigenvalue weighted by Gasteiger charge is 2.41. The van der Waals surface area contributed by atoms with E-state index in [0.29, 0.717) is 5.57 Å². The van der Waals surface area contributed by atoms with Crippen LogP contribution in [-0.4, -0.2) is 47.8 Å². The first-order chi connectivity index (χ1) is 11.4. The number of hydrogen-bond acceptors (Lipinski definition) is 7. The Labute approximate surface area is 142 Å². The van der Waals surface area contributed by atoms with Crippen molar-refractivity contribution in [2.24, 2.45) is 11.0 Å². The number of nitrogens with zero attached hydrogens (tertiary/aromatic N) is 2. The fourth-order valence-electron chi connectivity index (χ4n) is 2.82. The molecule has 0 aliphatic heterocycles. The van der Waals surface area contributed by atoms with Crippen LogP contribution in [0.3, 0.4) is 0 Å². The van der Waals surface area contributed by atoms with Crippen LogP contribution in [0.4, 0.5) is 0 Å². The second kappa shape index (κ2) is 9.48. The lowest BCUT2D eigenvalue weighted by Gasteiger charge is -2.38. The highest BCUT2D eigenvalue weighted by molar-refractivity contribution is 5.89. The Kier molecular flexibility index (Phi) is 8.00. The molecule has 0 unspecified atom stereocenters. The number of amides is 1. The van der Waals surface area contributed by atoms with Crippen LogP contribution in [0.15, 0.2) is 16.9 Å². The van der Waals surface area contributed by atoms with Crippen LogP contribution in [0.2, 0.25) is 0 Å². The first kappa shape index (κ1) is 20.2. The van der Waals surface area contributed by atoms with Gasteiger partial charge in [0.05, 0.1) is 18.0 Å². The fraction of sp³-hybridized carbons (Fsp3) is 0.750. The van der Waals surface area contributed by atoms with E-state index in [1.54, 1.807) is 13.0 Å². The van der Waals surface area contributed by atoms with Crippen molar-refractivity contribution in [1.82, 2.24) is 5.01 Å². The van der Waals surface area contributed by atoms with Crippen LogP contribution in [-0.2, 0) is 19.1 Å². The van der Waals surface area contributed by atoms with Gasteiger partial charge in [0.25, 0.3) is 0 Å². The van der Waals surface area contributed by atoms with E-state index >= 15 is 0 Å². The van der Waals surface area contributed by atoms with Crippen molar-refractivity contribution in [1.29, 1.82) is 0 Å². The number of carbonyl (C=O) groups is 2. The topological polar surface area (TPSA) is 111 Å². The van der Waals surface area contributed by atoms with Crippen molar-refractivity contribution in [3.05, 3.63) is 16.6 Å². The summed E-state index contributed by atoms with van der Waals surface area (Å²) in [5.41, 5.74) is 6.54. The van der Waals surface area contributed by atoms with E-state index < -0.39 is 30.1 Å². The first-order valence-electron chi connectivity index (χ1n) is 8.31. The average molecular weight is 341 g/mol. The molecule has 0 aromatic rings. The van der Waals surface area contributed by atoms with Gasteiger partial charge in [-0.15, -0.1) is 4.91 Å². The molecule has 0 bridgehead atoms. The minimum atomic E-state index is -0.751. The van der Waals surface area contributed by atoms with Crippen LogP contribution in [0.1, 0.15) is 47.0 Å². The molecule has 0 saturated heterocycles. The molecule has 8 heteroatoms. The van der Waals surface area contributed by atoms with Crippen molar-refractivity contribution in [3.63, 3.8) is 0 Å². The van der Waals surface area contributed by atoms with Crippen molar-refractivity contribution in [3.8, 4) is 0 Å². The van der Waals surface area contributed by atoms with Gasteiger partial charge in [-0.2, -0.15) is 5.01 Å². The molecular formula is C16H27N3O5. The van der Waals surface area contributed by atoms with Gasteiger partial charge in [0, 0.05) is 18.5 Å². The lowest BCUT2D eigenvalue weighted by molar-refractivity contribution is -0.140. The van der Waals surface area contributed by atoms with Crippen LogP contribution >= 0.6 is 0 Å². The van der Waals surface area contributed by atoms with Crippen molar-refractivity contribution < 1.29 is 19.1 Å². The number of nitrogens with two attached hydrogens (primary N) is 1. The van der Waals surface area contributed by atoms with E-state index in [2.05, 4.69) is 5.29 Å². The van der Waals surface area contributed by atoms with Crippen molar-refractivity contribution in [2.75, 3.05) is 6.61 Å². The Balaban J connectivity index is 3.18. The molecule has 0 heterocycles. The van der Waals surface area contributed by atoms with E-state index in [9.17, 15) is 14.5 Å². The van der Waals surface area contributed by atoms with Gasteiger partial charge in [0.1, 0.15) is 12.1 Å². The van der Waals surface area contributed by atoms with Gasteiger partial charge in [0.15, 0.2) is 0 Å². The Morgan fingerprint density at radius 2 is 2.00 bits per heavy atom. The van der Waals surface area contributed by atoms with Gasteiger partial charge in [-0.05, 0) is 32.3 Å². The summed E-state index contributed by atoms with van der Waals surface area (Å²) in [5.74, 6) is -0.977. The maximum Gasteiger partial charge on any atom is 0.333 e. The van der Waals surface area contributed by atoms with E-state index in [0.717, 1.165) is 17.9 Å². The molecule has 1 aliphatic carbocycles. The van der Waals surface area contributed by atoms with Crippen LogP contribution in [0, 0.1) is 4.91 Å². The van der Waals surface area contributed by atoms with E-state index in [1.807, 2.05) is 13.8 Å².